The van der Waals surface area contributed by atoms with E-state index in [0.29, 0.717) is 5.56 Å². The highest BCUT2D eigenvalue weighted by Gasteiger charge is 2.31. The summed E-state index contributed by atoms with van der Waals surface area (Å²) in [5.41, 5.74) is 6.67. The maximum atomic E-state index is 14.6. The summed E-state index contributed by atoms with van der Waals surface area (Å²) in [5.74, 6) is 0.194. The van der Waals surface area contributed by atoms with Crippen LogP contribution in [0.2, 0.25) is 0 Å². The second kappa shape index (κ2) is 9.09. The van der Waals surface area contributed by atoms with Gasteiger partial charge in [0, 0.05) is 5.56 Å². The van der Waals surface area contributed by atoms with Crippen molar-refractivity contribution >= 4 is 9.24 Å². The molecule has 0 radical (unpaired) electrons. The average Bonchev–Trinajstić information content (AvgIpc) is 2.60. The van der Waals surface area contributed by atoms with Crippen molar-refractivity contribution in [3.63, 3.8) is 0 Å². The Bertz CT molecular complexity index is 896. The molecule has 0 nitrogen and oxygen atoms in total. The van der Waals surface area contributed by atoms with Gasteiger partial charge in [0.1, 0.15) is 0 Å². The minimum absolute atomic E-state index is 0.109. The Balaban J connectivity index is 2.89. The Kier molecular flexibility index (Phi) is 7.44. The van der Waals surface area contributed by atoms with Gasteiger partial charge in [0.15, 0.2) is 0 Å². The van der Waals surface area contributed by atoms with Crippen molar-refractivity contribution in [3.05, 3.63) is 69.3 Å². The molecule has 1 unspecified atom stereocenters. The van der Waals surface area contributed by atoms with E-state index in [2.05, 4.69) is 60.3 Å². The smallest absolute Gasteiger partial charge is 0.197 e. The van der Waals surface area contributed by atoms with Crippen molar-refractivity contribution in [2.75, 3.05) is 0 Å². The third kappa shape index (κ3) is 4.97. The lowest BCUT2D eigenvalue weighted by atomic mass is 9.78. The Morgan fingerprint density at radius 3 is 2.00 bits per heavy atom. The zero-order valence-electron chi connectivity index (χ0n) is 19.0. The first-order valence-corrected chi connectivity index (χ1v) is 11.1. The first-order chi connectivity index (χ1) is 13.4. The van der Waals surface area contributed by atoms with Crippen molar-refractivity contribution in [2.24, 2.45) is 0 Å². The van der Waals surface area contributed by atoms with E-state index in [1.807, 2.05) is 6.92 Å². The molecule has 0 heterocycles. The molecule has 3 heteroatoms. The van der Waals surface area contributed by atoms with Gasteiger partial charge in [0.25, 0.3) is 5.66 Å². The van der Waals surface area contributed by atoms with Crippen LogP contribution in [0.3, 0.4) is 0 Å². The fourth-order valence-corrected chi connectivity index (χ4v) is 5.00. The van der Waals surface area contributed by atoms with E-state index in [4.69, 9.17) is 0 Å². The number of rotatable bonds is 7. The van der Waals surface area contributed by atoms with Crippen LogP contribution in [0.1, 0.15) is 78.0 Å². The number of aryl methyl sites for hydroxylation is 3. The number of halogens is 2. The number of hydrogen-bond acceptors (Lipinski definition) is 0. The van der Waals surface area contributed by atoms with Crippen LogP contribution in [0.4, 0.5) is 8.78 Å². The highest BCUT2D eigenvalue weighted by Crippen LogP contribution is 2.46. The summed E-state index contributed by atoms with van der Waals surface area (Å²) in [4.78, 5) is 0. The Morgan fingerprint density at radius 2 is 1.55 bits per heavy atom. The lowest BCUT2D eigenvalue weighted by Crippen LogP contribution is -2.13. The molecular formula is C26H35F2P. The Hall–Kier alpha value is -1.53. The molecule has 0 bridgehead atoms. The minimum atomic E-state index is -2.96. The predicted molar refractivity (Wildman–Crippen MR) is 126 cm³/mol. The van der Waals surface area contributed by atoms with Crippen LogP contribution >= 0.6 is 9.24 Å². The molecule has 0 aliphatic carbocycles. The van der Waals surface area contributed by atoms with Crippen molar-refractivity contribution in [1.29, 1.82) is 0 Å². The number of alkyl halides is 2. The van der Waals surface area contributed by atoms with E-state index in [-0.39, 0.29) is 11.5 Å². The minimum Gasteiger partial charge on any atom is -0.197 e. The summed E-state index contributed by atoms with van der Waals surface area (Å²) in [6.07, 6.45) is 2.65. The molecule has 0 N–H and O–H groups in total. The van der Waals surface area contributed by atoms with Crippen LogP contribution in [-0.2, 0) is 5.66 Å². The quantitative estimate of drug-likeness (QED) is 0.313. The van der Waals surface area contributed by atoms with E-state index in [9.17, 15) is 8.78 Å². The van der Waals surface area contributed by atoms with Gasteiger partial charge in [-0.25, -0.2) is 0 Å². The molecular weight excluding hydrogens is 381 g/mol. The van der Waals surface area contributed by atoms with Crippen molar-refractivity contribution in [2.45, 2.75) is 79.3 Å². The predicted octanol–water partition coefficient (Wildman–Crippen LogP) is 8.67. The summed E-state index contributed by atoms with van der Waals surface area (Å²) >= 11 is 0. The molecule has 0 saturated heterocycles. The molecule has 0 amide bonds. The van der Waals surface area contributed by atoms with E-state index < -0.39 is 5.66 Å². The molecule has 2 atom stereocenters. The van der Waals surface area contributed by atoms with E-state index in [1.54, 1.807) is 15.3 Å². The largest absolute Gasteiger partial charge is 0.284 e. The zero-order valence-corrected chi connectivity index (χ0v) is 20.1. The monoisotopic (exact) mass is 416 g/mol. The van der Waals surface area contributed by atoms with Gasteiger partial charge in [-0.15, -0.1) is 0 Å². The molecule has 0 aliphatic rings. The molecule has 2 rings (SSSR count). The van der Waals surface area contributed by atoms with Crippen LogP contribution in [0.25, 0.3) is 11.1 Å². The summed E-state index contributed by atoms with van der Waals surface area (Å²) < 4.78 is 29.3. The van der Waals surface area contributed by atoms with Gasteiger partial charge in [-0.3, -0.25) is 0 Å². The molecule has 29 heavy (non-hydrogen) atoms. The summed E-state index contributed by atoms with van der Waals surface area (Å²) in [6, 6.07) is 5.99. The maximum absolute atomic E-state index is 14.6. The third-order valence-corrected chi connectivity index (χ3v) is 6.46. The maximum Gasteiger partial charge on any atom is 0.284 e. The number of hydrogen-bond donors (Lipinski definition) is 0. The average molecular weight is 417 g/mol. The van der Waals surface area contributed by atoms with Gasteiger partial charge in [0.05, 0.1) is 0 Å². The van der Waals surface area contributed by atoms with Gasteiger partial charge in [-0.2, -0.15) is 8.78 Å². The first kappa shape index (κ1) is 23.7. The molecule has 0 aromatic heterocycles. The first-order valence-electron chi connectivity index (χ1n) is 10.5. The summed E-state index contributed by atoms with van der Waals surface area (Å²) in [7, 11) is 1.73. The Morgan fingerprint density at radius 1 is 1.00 bits per heavy atom. The van der Waals surface area contributed by atoms with Gasteiger partial charge < -0.3 is 0 Å². The topological polar surface area (TPSA) is 0 Å². The molecule has 0 aliphatic heterocycles. The lowest BCUT2D eigenvalue weighted by Gasteiger charge is -2.28. The van der Waals surface area contributed by atoms with Crippen molar-refractivity contribution in [1.82, 2.24) is 0 Å². The molecule has 0 saturated carbocycles. The molecule has 2 aromatic carbocycles. The van der Waals surface area contributed by atoms with E-state index in [0.717, 1.165) is 52.6 Å². The van der Waals surface area contributed by atoms with E-state index in [1.165, 1.54) is 11.1 Å². The molecule has 0 spiro atoms. The third-order valence-electron chi connectivity index (χ3n) is 6.15. The summed E-state index contributed by atoms with van der Waals surface area (Å²) in [5, 5.41) is 0. The van der Waals surface area contributed by atoms with Crippen molar-refractivity contribution in [3.8, 4) is 11.1 Å². The number of allylic oxidation sites excluding steroid dienone is 1. The highest BCUT2D eigenvalue weighted by atomic mass is 31.0. The van der Waals surface area contributed by atoms with Crippen molar-refractivity contribution < 1.29 is 8.78 Å². The Labute approximate surface area is 178 Å². The van der Waals surface area contributed by atoms with Gasteiger partial charge in [0.2, 0.25) is 0 Å². The second-order valence-electron chi connectivity index (χ2n) is 8.44. The van der Waals surface area contributed by atoms with Crippen LogP contribution in [0.15, 0.2) is 30.4 Å². The molecule has 2 aromatic rings. The number of benzene rings is 2. The molecule has 158 valence electrons. The fraction of sp³-hybridized carbons (Fsp3) is 0.462. The van der Waals surface area contributed by atoms with Crippen LogP contribution < -0.4 is 0 Å². The zero-order chi connectivity index (χ0) is 22.1. The second-order valence-corrected chi connectivity index (χ2v) is 9.17. The van der Waals surface area contributed by atoms with Crippen LogP contribution in [0.5, 0.6) is 0 Å². The normalized spacial score (nSPS) is 12.9. The van der Waals surface area contributed by atoms with Gasteiger partial charge in [-0.1, -0.05) is 52.9 Å². The van der Waals surface area contributed by atoms with Crippen LogP contribution in [0, 0.1) is 34.6 Å². The lowest BCUT2D eigenvalue weighted by molar-refractivity contribution is 0.103. The van der Waals surface area contributed by atoms with Gasteiger partial charge in [-0.05, 0) is 105 Å². The summed E-state index contributed by atoms with van der Waals surface area (Å²) in [6.45, 7) is 18.6. The fourth-order valence-electron chi connectivity index (χ4n) is 4.70. The van der Waals surface area contributed by atoms with Gasteiger partial charge >= 0.3 is 0 Å². The van der Waals surface area contributed by atoms with Crippen LogP contribution in [-0.4, -0.2) is 0 Å². The van der Waals surface area contributed by atoms with E-state index >= 15 is 0 Å². The highest BCUT2D eigenvalue weighted by molar-refractivity contribution is 7.17. The standard InChI is InChI=1S/C26H35F2P/c1-9-15(3)13-21(10-2)25-19(7)22(14-23(20(25)8)26(27,28)29)24-17(5)11-16(4)12-18(24)6/h11-12,14,21H,3,9-10,13,29H2,1-2,4-8H3/t21-/m0/s1. The SMILES string of the molecule is C=C(CC)C[C@H](CC)c1c(C)c(-c2c(C)cc(C)cc2C)cc(C(F)(F)P)c1C. The molecule has 0 fully saturated rings.